The first kappa shape index (κ1) is 12.8. The molecule has 6 heteroatoms. The summed E-state index contributed by atoms with van der Waals surface area (Å²) in [5.74, 6) is -0.580. The van der Waals surface area contributed by atoms with Crippen LogP contribution in [0.4, 0.5) is 15.8 Å². The average molecular weight is 253 g/mol. The molecule has 0 saturated carbocycles. The number of nitrogens with one attached hydrogen (secondary N) is 2. The molecule has 1 aliphatic rings. The molecule has 0 spiro atoms. The van der Waals surface area contributed by atoms with Gasteiger partial charge in [-0.15, -0.1) is 0 Å². The second-order valence-corrected chi connectivity index (χ2v) is 4.40. The number of hydrogen-bond donors (Lipinski definition) is 2. The Morgan fingerprint density at radius 3 is 3.06 bits per heavy atom. The van der Waals surface area contributed by atoms with Crippen molar-refractivity contribution in [2.24, 2.45) is 0 Å². The zero-order valence-corrected chi connectivity index (χ0v) is 9.99. The van der Waals surface area contributed by atoms with Crippen LogP contribution in [0.3, 0.4) is 0 Å². The van der Waals surface area contributed by atoms with E-state index in [0.717, 1.165) is 25.8 Å². The van der Waals surface area contributed by atoms with Crippen molar-refractivity contribution in [3.63, 3.8) is 0 Å². The van der Waals surface area contributed by atoms with Gasteiger partial charge in [0.25, 0.3) is 5.69 Å². The fourth-order valence-electron chi connectivity index (χ4n) is 2.21. The van der Waals surface area contributed by atoms with Crippen LogP contribution in [-0.4, -0.2) is 24.1 Å². The van der Waals surface area contributed by atoms with Crippen LogP contribution in [0, 0.1) is 15.9 Å². The van der Waals surface area contributed by atoms with E-state index in [0.29, 0.717) is 12.6 Å². The lowest BCUT2D eigenvalue weighted by molar-refractivity contribution is -0.384. The van der Waals surface area contributed by atoms with Gasteiger partial charge < -0.3 is 10.6 Å². The fraction of sp³-hybridized carbons (Fsp3) is 0.500. The van der Waals surface area contributed by atoms with E-state index in [1.807, 2.05) is 0 Å². The highest BCUT2D eigenvalue weighted by Gasteiger charge is 2.18. The molecule has 0 aliphatic carbocycles. The lowest BCUT2D eigenvalue weighted by atomic mass is 10.1. The third-order valence-electron chi connectivity index (χ3n) is 3.15. The van der Waals surface area contributed by atoms with Crippen molar-refractivity contribution in [3.8, 4) is 0 Å². The summed E-state index contributed by atoms with van der Waals surface area (Å²) >= 11 is 0. The van der Waals surface area contributed by atoms with Gasteiger partial charge in [0, 0.05) is 18.7 Å². The van der Waals surface area contributed by atoms with Crippen LogP contribution in [0.25, 0.3) is 0 Å². The molecular formula is C12H16FN3O2. The lowest BCUT2D eigenvalue weighted by Crippen LogP contribution is -2.24. The molecule has 5 nitrogen and oxygen atoms in total. The number of halogens is 1. The van der Waals surface area contributed by atoms with Crippen LogP contribution in [-0.2, 0) is 0 Å². The van der Waals surface area contributed by atoms with Crippen molar-refractivity contribution in [1.29, 1.82) is 0 Å². The molecule has 1 heterocycles. The molecule has 0 radical (unpaired) electrons. The number of nitro benzene ring substituents is 1. The summed E-state index contributed by atoms with van der Waals surface area (Å²) in [6, 6.07) is 4.31. The largest absolute Gasteiger partial charge is 0.377 e. The maximum absolute atomic E-state index is 13.5. The highest BCUT2D eigenvalue weighted by atomic mass is 19.1. The number of hydrogen-bond acceptors (Lipinski definition) is 4. The van der Waals surface area contributed by atoms with E-state index in [-0.39, 0.29) is 11.4 Å². The number of rotatable bonds is 5. The van der Waals surface area contributed by atoms with Crippen LogP contribution >= 0.6 is 0 Å². The van der Waals surface area contributed by atoms with E-state index in [9.17, 15) is 14.5 Å². The van der Waals surface area contributed by atoms with Gasteiger partial charge in [0.05, 0.1) is 4.92 Å². The Balaban J connectivity index is 1.97. The maximum Gasteiger partial charge on any atom is 0.295 e. The Kier molecular flexibility index (Phi) is 4.09. The van der Waals surface area contributed by atoms with Crippen LogP contribution in [0.2, 0.25) is 0 Å². The van der Waals surface area contributed by atoms with Gasteiger partial charge in [-0.3, -0.25) is 10.1 Å². The molecule has 1 aromatic carbocycles. The molecule has 18 heavy (non-hydrogen) atoms. The highest BCUT2D eigenvalue weighted by molar-refractivity contribution is 5.62. The molecule has 1 aromatic rings. The summed E-state index contributed by atoms with van der Waals surface area (Å²) in [5, 5.41) is 16.9. The Morgan fingerprint density at radius 1 is 1.56 bits per heavy atom. The fourth-order valence-corrected chi connectivity index (χ4v) is 2.21. The first-order valence-corrected chi connectivity index (χ1v) is 6.08. The highest BCUT2D eigenvalue weighted by Crippen LogP contribution is 2.27. The van der Waals surface area contributed by atoms with E-state index in [1.165, 1.54) is 18.2 Å². The van der Waals surface area contributed by atoms with Gasteiger partial charge >= 0.3 is 0 Å². The number of para-hydroxylation sites is 1. The average Bonchev–Trinajstić information content (AvgIpc) is 2.84. The first-order valence-electron chi connectivity index (χ1n) is 6.08. The van der Waals surface area contributed by atoms with E-state index < -0.39 is 10.7 Å². The van der Waals surface area contributed by atoms with Gasteiger partial charge in [0.2, 0.25) is 0 Å². The second kappa shape index (κ2) is 5.77. The Bertz CT molecular complexity index is 433. The molecule has 0 aromatic heterocycles. The molecule has 1 atom stereocenters. The predicted octanol–water partition coefficient (Wildman–Crippen LogP) is 2.29. The first-order chi connectivity index (χ1) is 8.68. The number of nitro groups is 1. The molecule has 98 valence electrons. The van der Waals surface area contributed by atoms with E-state index in [1.54, 1.807) is 0 Å². The monoisotopic (exact) mass is 253 g/mol. The molecule has 2 rings (SSSR count). The maximum atomic E-state index is 13.5. The van der Waals surface area contributed by atoms with Crippen molar-refractivity contribution in [1.82, 2.24) is 5.32 Å². The van der Waals surface area contributed by atoms with Crippen LogP contribution in [0.5, 0.6) is 0 Å². The summed E-state index contributed by atoms with van der Waals surface area (Å²) in [7, 11) is 0. The van der Waals surface area contributed by atoms with Gasteiger partial charge in [0.15, 0.2) is 5.82 Å². The molecule has 1 aliphatic heterocycles. The number of nitrogens with zero attached hydrogens (tertiary/aromatic N) is 1. The molecule has 1 saturated heterocycles. The van der Waals surface area contributed by atoms with Crippen LogP contribution in [0.15, 0.2) is 18.2 Å². The normalized spacial score (nSPS) is 18.8. The van der Waals surface area contributed by atoms with Crippen molar-refractivity contribution < 1.29 is 9.31 Å². The Hall–Kier alpha value is -1.69. The molecule has 0 bridgehead atoms. The summed E-state index contributed by atoms with van der Waals surface area (Å²) < 4.78 is 13.5. The number of anilines is 1. The summed E-state index contributed by atoms with van der Waals surface area (Å²) in [6.45, 7) is 1.55. The standard InChI is InChI=1S/C12H16FN3O2/c13-10-4-1-5-11(16(17)18)12(10)15-8-6-9-3-2-7-14-9/h1,4-5,9,14-15H,2-3,6-8H2/t9-/m1/s1. The van der Waals surface area contributed by atoms with E-state index in [4.69, 9.17) is 0 Å². The van der Waals surface area contributed by atoms with Crippen LogP contribution < -0.4 is 10.6 Å². The van der Waals surface area contributed by atoms with Gasteiger partial charge in [0.1, 0.15) is 5.69 Å². The molecular weight excluding hydrogens is 237 g/mol. The molecule has 0 amide bonds. The minimum Gasteiger partial charge on any atom is -0.377 e. The molecule has 1 fully saturated rings. The van der Waals surface area contributed by atoms with Gasteiger partial charge in [-0.2, -0.15) is 0 Å². The third kappa shape index (κ3) is 2.95. The zero-order chi connectivity index (χ0) is 13.0. The van der Waals surface area contributed by atoms with Crippen LogP contribution in [0.1, 0.15) is 19.3 Å². The Morgan fingerprint density at radius 2 is 2.39 bits per heavy atom. The van der Waals surface area contributed by atoms with Gasteiger partial charge in [-0.1, -0.05) is 6.07 Å². The Labute approximate surface area is 105 Å². The van der Waals surface area contributed by atoms with Gasteiger partial charge in [-0.25, -0.2) is 4.39 Å². The second-order valence-electron chi connectivity index (χ2n) is 4.40. The summed E-state index contributed by atoms with van der Waals surface area (Å²) in [4.78, 5) is 10.2. The SMILES string of the molecule is O=[N+]([O-])c1cccc(F)c1NCC[C@H]1CCCN1. The summed E-state index contributed by atoms with van der Waals surface area (Å²) in [5.41, 5.74) is -0.227. The summed E-state index contributed by atoms with van der Waals surface area (Å²) in [6.07, 6.45) is 3.11. The van der Waals surface area contributed by atoms with E-state index >= 15 is 0 Å². The zero-order valence-electron chi connectivity index (χ0n) is 9.99. The van der Waals surface area contributed by atoms with Crippen molar-refractivity contribution in [3.05, 3.63) is 34.1 Å². The predicted molar refractivity (Wildman–Crippen MR) is 67.2 cm³/mol. The van der Waals surface area contributed by atoms with Crippen molar-refractivity contribution >= 4 is 11.4 Å². The van der Waals surface area contributed by atoms with Gasteiger partial charge in [-0.05, 0) is 31.9 Å². The minimum absolute atomic E-state index is 0.0134. The number of benzene rings is 1. The lowest BCUT2D eigenvalue weighted by Gasteiger charge is -2.12. The minimum atomic E-state index is -0.580. The molecule has 0 unspecified atom stereocenters. The topological polar surface area (TPSA) is 67.2 Å². The molecule has 2 N–H and O–H groups in total. The van der Waals surface area contributed by atoms with Crippen molar-refractivity contribution in [2.75, 3.05) is 18.4 Å². The third-order valence-corrected chi connectivity index (χ3v) is 3.15. The smallest absolute Gasteiger partial charge is 0.295 e. The quantitative estimate of drug-likeness (QED) is 0.624. The van der Waals surface area contributed by atoms with Crippen molar-refractivity contribution in [2.45, 2.75) is 25.3 Å². The van der Waals surface area contributed by atoms with E-state index in [2.05, 4.69) is 10.6 Å².